The highest BCUT2D eigenvalue weighted by molar-refractivity contribution is 6.07. The van der Waals surface area contributed by atoms with Gasteiger partial charge < -0.3 is 54.1 Å². The summed E-state index contributed by atoms with van der Waals surface area (Å²) in [5, 5.41) is 16.8. The number of nitrogens with one attached hydrogen (secondary N) is 2. The Labute approximate surface area is 657 Å². The molecule has 0 bridgehead atoms. The Kier molecular flexibility index (Phi) is 27.5. The number of esters is 2. The van der Waals surface area contributed by atoms with Crippen LogP contribution in [-0.2, 0) is 47.7 Å². The first-order valence-electron chi connectivity index (χ1n) is 39.3. The first-order chi connectivity index (χ1) is 53.8. The van der Waals surface area contributed by atoms with Crippen molar-refractivity contribution >= 4 is 93.1 Å². The predicted molar refractivity (Wildman–Crippen MR) is 432 cm³/mol. The number of aliphatic hydroxyl groups is 1. The predicted octanol–water partition coefficient (Wildman–Crippen LogP) is 12.9. The van der Waals surface area contributed by atoms with Gasteiger partial charge in [-0.2, -0.15) is 0 Å². The lowest BCUT2D eigenvalue weighted by Gasteiger charge is -2.36. The van der Waals surface area contributed by atoms with E-state index in [1.54, 1.807) is 4.90 Å². The molecule has 8 aliphatic heterocycles. The maximum atomic E-state index is 13.8. The molecule has 0 aromatic heterocycles. The van der Waals surface area contributed by atoms with Gasteiger partial charge in [0.2, 0.25) is 17.7 Å². The molecule has 6 amide bonds. The highest BCUT2D eigenvalue weighted by Gasteiger charge is 2.46. The lowest BCUT2D eigenvalue weighted by Crippen LogP contribution is -2.54. The molecule has 0 radical (unpaired) electrons. The molecule has 596 valence electrons. The Morgan fingerprint density at radius 2 is 0.759 bits per heavy atom. The number of alkyl carbamates (subject to hydrolysis) is 2. The Balaban J connectivity index is 0.000000222. The average molecular weight is 1530 g/mol. The topological polar surface area (TPSA) is 293 Å². The van der Waals surface area contributed by atoms with Crippen molar-refractivity contribution in [3.05, 3.63) is 144 Å². The van der Waals surface area contributed by atoms with Crippen LogP contribution in [0.3, 0.4) is 0 Å². The summed E-state index contributed by atoms with van der Waals surface area (Å²) < 4.78 is 24.3. The minimum Gasteiger partial charge on any atom is -0.469 e. The van der Waals surface area contributed by atoms with Crippen LogP contribution in [0.1, 0.15) is 155 Å². The molecular formula is C87H109N11O14. The summed E-state index contributed by atoms with van der Waals surface area (Å²) in [5.41, 5.74) is 16.8. The first-order valence-corrected chi connectivity index (χ1v) is 39.3. The molecule has 12 rings (SSSR count). The van der Waals surface area contributed by atoms with Crippen LogP contribution in [0.2, 0.25) is 0 Å². The molecule has 0 spiro atoms. The summed E-state index contributed by atoms with van der Waals surface area (Å²) in [4.78, 5) is 130. The number of nitrogens with zero attached hydrogens (tertiary/aromatic N) is 9. The molecular weight excluding hydrogens is 1420 g/mol. The van der Waals surface area contributed by atoms with E-state index in [9.17, 15) is 43.5 Å². The van der Waals surface area contributed by atoms with Crippen molar-refractivity contribution in [1.29, 1.82) is 0 Å². The molecule has 25 nitrogen and oxygen atoms in total. The molecule has 4 saturated heterocycles. The zero-order valence-corrected chi connectivity index (χ0v) is 66.9. The summed E-state index contributed by atoms with van der Waals surface area (Å²) in [7, 11) is 6.60. The molecule has 4 aromatic rings. The highest BCUT2D eigenvalue weighted by Crippen LogP contribution is 2.39. The standard InChI is InChI=1S/C44H56N6O8.C43H53N5O6/c1-26(2)34(21-39(51)56-5)41(52)49-18-8-9-37(49)35-19-32(22-45-35)30-14-10-28(11-15-30)29-12-16-31(17-13-29)33-20-36(46-23-33)38-24-48(44(55)58-7)25-50(38)42(53)40(27(3)4)47-43(54)57-6;1-26(2)34(23-39(49)53-5)41(50)47-19-7-9-37(47)35-21-32(24-44-35)30-15-11-28(12-16-30)29-13-17-31(18-14-29)33-22-36(45-25-33)38-10-8-20-48(38)42(51)40(27(3)4)46-43(52)54-6/h10-17,22-23,26-27,34,37-38,40-41,52H,8-9,18-21,24-25H2,1-7H3,(H,47,54);11-18,24-27,34,37-38,40H,7-10,19-23H2,1-6H3,(H,46,52)/t34-,37-,38-,40-,41+;34-,37-,38-,40-/m00/s1. The van der Waals surface area contributed by atoms with Gasteiger partial charge in [-0.15, -0.1) is 0 Å². The van der Waals surface area contributed by atoms with Gasteiger partial charge in [-0.05, 0) is 129 Å². The number of rotatable bonds is 25. The van der Waals surface area contributed by atoms with Gasteiger partial charge in [0.1, 0.15) is 18.3 Å². The van der Waals surface area contributed by atoms with E-state index in [2.05, 4.69) is 113 Å². The summed E-state index contributed by atoms with van der Waals surface area (Å²) in [6.45, 7) is 17.8. The number of aliphatic imine (C=N–C) groups is 4. The van der Waals surface area contributed by atoms with E-state index in [-0.39, 0.29) is 103 Å². The summed E-state index contributed by atoms with van der Waals surface area (Å²) in [6.07, 6.45) is 13.3. The maximum Gasteiger partial charge on any atom is 0.410 e. The lowest BCUT2D eigenvalue weighted by molar-refractivity contribution is -0.148. The summed E-state index contributed by atoms with van der Waals surface area (Å²) in [5.74, 6) is -1.87. The third-order valence-corrected chi connectivity index (χ3v) is 23.2. The minimum atomic E-state index is -0.851. The first kappa shape index (κ1) is 82.6. The van der Waals surface area contributed by atoms with Crippen molar-refractivity contribution in [2.75, 3.05) is 68.4 Å². The number of methoxy groups -OCH3 is 5. The van der Waals surface area contributed by atoms with Crippen molar-refractivity contribution in [2.24, 2.45) is 55.5 Å². The molecule has 25 heteroatoms. The zero-order valence-electron chi connectivity index (χ0n) is 66.9. The van der Waals surface area contributed by atoms with Crippen LogP contribution in [0.5, 0.6) is 0 Å². The molecule has 0 unspecified atom stereocenters. The Hall–Kier alpha value is -10.4. The molecule has 3 N–H and O–H groups in total. The van der Waals surface area contributed by atoms with Crippen LogP contribution >= 0.6 is 0 Å². The quantitative estimate of drug-likeness (QED) is 0.0410. The SMILES string of the molecule is COC(=O)C[C@@H](C(C)C)[C@@H](O)N1CCC[C@H]1C1=NC=C(c2ccc(-c3ccc(C4=CN=C([C@@H]5CN(C(=O)OC)CN5C(=O)[C@@H](NC(=O)OC)C(C)C)C4)cc3)cc2)C1.COC(=O)C[C@H](C(=O)N1CCC[C@H]1C1=NC=C(c2ccc(-c3ccc(C4=CN=C([C@@H]5CCCN5C(=O)[C@@H](NC(=O)OC)C(C)C)C4)cc3)cc2)C1)C(C)C. The summed E-state index contributed by atoms with van der Waals surface area (Å²) in [6, 6.07) is 31.7. The second-order valence-corrected chi connectivity index (χ2v) is 31.5. The van der Waals surface area contributed by atoms with E-state index in [1.807, 2.05) is 90.0 Å². The van der Waals surface area contributed by atoms with Gasteiger partial charge in [-0.1, -0.05) is 152 Å². The normalized spacial score (nSPS) is 20.9. The van der Waals surface area contributed by atoms with Crippen molar-refractivity contribution < 1.29 is 67.1 Å². The second-order valence-electron chi connectivity index (χ2n) is 31.5. The van der Waals surface area contributed by atoms with Crippen molar-refractivity contribution in [2.45, 2.75) is 175 Å². The summed E-state index contributed by atoms with van der Waals surface area (Å²) >= 11 is 0. The molecule has 4 fully saturated rings. The maximum absolute atomic E-state index is 13.8. The zero-order chi connectivity index (χ0) is 80.2. The van der Waals surface area contributed by atoms with Gasteiger partial charge >= 0.3 is 30.2 Å². The van der Waals surface area contributed by atoms with Gasteiger partial charge in [0.05, 0.1) is 91.7 Å². The van der Waals surface area contributed by atoms with Crippen LogP contribution in [-0.4, -0.2) is 211 Å². The number of aliphatic hydroxyl groups excluding tert-OH is 1. The number of ether oxygens (including phenoxy) is 5. The van der Waals surface area contributed by atoms with E-state index in [0.717, 1.165) is 135 Å². The van der Waals surface area contributed by atoms with Gasteiger partial charge in [0, 0.05) is 98.9 Å². The molecule has 112 heavy (non-hydrogen) atoms. The van der Waals surface area contributed by atoms with Crippen LogP contribution in [0.4, 0.5) is 14.4 Å². The van der Waals surface area contributed by atoms with E-state index in [4.69, 9.17) is 43.7 Å². The fraction of sp³-hybridized carbons (Fsp3) is 0.494. The fourth-order valence-corrected chi connectivity index (χ4v) is 16.5. The Morgan fingerprint density at radius 3 is 1.12 bits per heavy atom. The number of benzene rings is 4. The van der Waals surface area contributed by atoms with E-state index in [0.29, 0.717) is 38.8 Å². The third kappa shape index (κ3) is 19.0. The third-order valence-electron chi connectivity index (χ3n) is 23.2. The number of likely N-dealkylation sites (tertiary alicyclic amines) is 3. The smallest absolute Gasteiger partial charge is 0.410 e. The molecule has 8 heterocycles. The fourth-order valence-electron chi connectivity index (χ4n) is 16.5. The minimum absolute atomic E-state index is 0.0113. The Bertz CT molecular complexity index is 4250. The largest absolute Gasteiger partial charge is 0.469 e. The van der Waals surface area contributed by atoms with E-state index >= 15 is 0 Å². The van der Waals surface area contributed by atoms with Crippen molar-refractivity contribution in [1.82, 2.24) is 35.1 Å². The second kappa shape index (κ2) is 37.3. The van der Waals surface area contributed by atoms with E-state index < -0.39 is 48.6 Å². The van der Waals surface area contributed by atoms with Gasteiger partial charge in [0.25, 0.3) is 0 Å². The van der Waals surface area contributed by atoms with Crippen molar-refractivity contribution in [3.63, 3.8) is 0 Å². The average Bonchev–Trinajstić information content (AvgIpc) is 1.63. The van der Waals surface area contributed by atoms with Gasteiger partial charge in [0.15, 0.2) is 0 Å². The molecule has 0 saturated carbocycles. The number of allylic oxidation sites excluding steroid dienone is 4. The van der Waals surface area contributed by atoms with Gasteiger partial charge in [-0.3, -0.25) is 53.7 Å². The monoisotopic (exact) mass is 1530 g/mol. The number of amides is 6. The molecule has 8 aliphatic rings. The highest BCUT2D eigenvalue weighted by atomic mass is 16.6. The molecule has 9 atom stereocenters. The number of carbonyl (C=O) groups excluding carboxylic acids is 8. The molecule has 4 aromatic carbocycles. The number of carbonyl (C=O) groups is 8. The van der Waals surface area contributed by atoms with Gasteiger partial charge in [-0.25, -0.2) is 14.4 Å². The van der Waals surface area contributed by atoms with E-state index in [1.165, 1.54) is 40.4 Å². The number of hydrogen-bond acceptors (Lipinski definition) is 19. The van der Waals surface area contributed by atoms with Crippen LogP contribution in [0.25, 0.3) is 44.5 Å². The Morgan fingerprint density at radius 1 is 0.411 bits per heavy atom. The van der Waals surface area contributed by atoms with Crippen LogP contribution in [0, 0.1) is 35.5 Å². The lowest BCUT2D eigenvalue weighted by atomic mass is 9.89. The number of hydrogen-bond donors (Lipinski definition) is 3. The van der Waals surface area contributed by atoms with Crippen LogP contribution in [0.15, 0.2) is 142 Å². The van der Waals surface area contributed by atoms with Crippen LogP contribution < -0.4 is 10.6 Å². The molecule has 0 aliphatic carbocycles. The van der Waals surface area contributed by atoms with Crippen molar-refractivity contribution in [3.8, 4) is 22.3 Å².